The highest BCUT2D eigenvalue weighted by molar-refractivity contribution is 5.91. The summed E-state index contributed by atoms with van der Waals surface area (Å²) in [5, 5.41) is 17.1. The number of anilines is 1. The molecule has 2 N–H and O–H groups in total. The molecule has 0 bridgehead atoms. The predicted octanol–water partition coefficient (Wildman–Crippen LogP) is 5.95. The average Bonchev–Trinajstić information content (AvgIpc) is 3.48. The van der Waals surface area contributed by atoms with Crippen LogP contribution in [0.2, 0.25) is 0 Å². The fourth-order valence-electron chi connectivity index (χ4n) is 4.33. The zero-order valence-electron chi connectivity index (χ0n) is 21.2. The molecule has 0 unspecified atom stereocenters. The van der Waals surface area contributed by atoms with Gasteiger partial charge in [-0.2, -0.15) is 5.10 Å². The van der Waals surface area contributed by atoms with Crippen molar-refractivity contribution in [3.63, 3.8) is 0 Å². The number of rotatable bonds is 7. The highest BCUT2D eigenvalue weighted by Crippen LogP contribution is 2.31. The van der Waals surface area contributed by atoms with E-state index in [1.165, 1.54) is 19.1 Å². The first-order valence-corrected chi connectivity index (χ1v) is 12.2. The van der Waals surface area contributed by atoms with Crippen LogP contribution in [0.5, 0.6) is 0 Å². The molecule has 194 valence electrons. The zero-order valence-corrected chi connectivity index (χ0v) is 21.2. The zero-order chi connectivity index (χ0) is 27.0. The van der Waals surface area contributed by atoms with Crippen LogP contribution in [0, 0.1) is 11.6 Å². The number of imidazole rings is 1. The lowest BCUT2D eigenvalue weighted by Gasteiger charge is -2.16. The second-order valence-corrected chi connectivity index (χ2v) is 9.95. The molecule has 0 aliphatic heterocycles. The molecule has 0 atom stereocenters. The SMILES string of the molecule is CC(=O)Nc1cc(-c2ccc(F)cc2F)cc(-n2cnc3cc(-c4cnn(CCC(C)(C)O)c4)ccc32)c1. The number of nitrogens with one attached hydrogen (secondary N) is 1. The minimum atomic E-state index is -0.766. The molecule has 0 aliphatic carbocycles. The van der Waals surface area contributed by atoms with Crippen LogP contribution in [-0.2, 0) is 11.3 Å². The number of halogens is 2. The lowest BCUT2D eigenvalue weighted by molar-refractivity contribution is -0.114. The van der Waals surface area contributed by atoms with Crippen molar-refractivity contribution in [3.8, 4) is 27.9 Å². The average molecular weight is 516 g/mol. The van der Waals surface area contributed by atoms with Crippen molar-refractivity contribution in [1.82, 2.24) is 19.3 Å². The summed E-state index contributed by atoms with van der Waals surface area (Å²) < 4.78 is 31.8. The standard InChI is InChI=1S/C29H27F2N5O2/c1-18(37)34-23-10-20(25-6-5-22(30)13-26(25)31)11-24(14-23)36-17-32-27-12-19(4-7-28(27)36)21-15-33-35(16-21)9-8-29(2,3)38/h4-7,10-17,38H,8-9H2,1-3H3,(H,34,37). The van der Waals surface area contributed by atoms with E-state index in [1.54, 1.807) is 49.3 Å². The lowest BCUT2D eigenvalue weighted by atomic mass is 10.0. The van der Waals surface area contributed by atoms with Crippen molar-refractivity contribution in [2.75, 3.05) is 5.32 Å². The van der Waals surface area contributed by atoms with E-state index < -0.39 is 17.2 Å². The van der Waals surface area contributed by atoms with Gasteiger partial charge in [0.1, 0.15) is 18.0 Å². The molecular formula is C29H27F2N5O2. The summed E-state index contributed by atoms with van der Waals surface area (Å²) in [5.74, 6) is -1.63. The first-order valence-electron chi connectivity index (χ1n) is 12.2. The van der Waals surface area contributed by atoms with Gasteiger partial charge in [0.25, 0.3) is 0 Å². The summed E-state index contributed by atoms with van der Waals surface area (Å²) in [6, 6.07) is 14.5. The third-order valence-corrected chi connectivity index (χ3v) is 6.22. The molecule has 9 heteroatoms. The number of benzene rings is 3. The molecule has 2 aromatic heterocycles. The van der Waals surface area contributed by atoms with Crippen molar-refractivity contribution < 1.29 is 18.7 Å². The molecule has 0 saturated heterocycles. The van der Waals surface area contributed by atoms with Crippen LogP contribution in [0.15, 0.2) is 73.3 Å². The van der Waals surface area contributed by atoms with Crippen LogP contribution in [0.4, 0.5) is 14.5 Å². The van der Waals surface area contributed by atoms with Crippen LogP contribution in [0.3, 0.4) is 0 Å². The number of hydrogen-bond acceptors (Lipinski definition) is 4. The van der Waals surface area contributed by atoms with Gasteiger partial charge in [-0.3, -0.25) is 14.0 Å². The molecule has 5 aromatic rings. The van der Waals surface area contributed by atoms with E-state index in [4.69, 9.17) is 0 Å². The number of aromatic nitrogens is 4. The van der Waals surface area contributed by atoms with Gasteiger partial charge in [-0.1, -0.05) is 6.07 Å². The smallest absolute Gasteiger partial charge is 0.221 e. The number of aliphatic hydroxyl groups is 1. The van der Waals surface area contributed by atoms with E-state index >= 15 is 0 Å². The quantitative estimate of drug-likeness (QED) is 0.280. The van der Waals surface area contributed by atoms with Crippen molar-refractivity contribution >= 4 is 22.6 Å². The fraction of sp³-hybridized carbons (Fsp3) is 0.207. The maximum Gasteiger partial charge on any atom is 0.221 e. The second kappa shape index (κ2) is 9.83. The van der Waals surface area contributed by atoms with Gasteiger partial charge < -0.3 is 10.4 Å². The molecule has 0 fully saturated rings. The van der Waals surface area contributed by atoms with E-state index in [1.807, 2.05) is 29.0 Å². The Morgan fingerprint density at radius 3 is 2.58 bits per heavy atom. The lowest BCUT2D eigenvalue weighted by Crippen LogP contribution is -2.21. The molecule has 0 radical (unpaired) electrons. The van der Waals surface area contributed by atoms with Crippen LogP contribution in [0.1, 0.15) is 27.2 Å². The number of nitrogens with zero attached hydrogens (tertiary/aromatic N) is 4. The van der Waals surface area contributed by atoms with Crippen LogP contribution in [0.25, 0.3) is 39.0 Å². The first kappa shape index (κ1) is 25.3. The normalized spacial score (nSPS) is 11.7. The summed E-state index contributed by atoms with van der Waals surface area (Å²) in [7, 11) is 0. The summed E-state index contributed by atoms with van der Waals surface area (Å²) in [5.41, 5.74) is 4.50. The highest BCUT2D eigenvalue weighted by atomic mass is 19.1. The van der Waals surface area contributed by atoms with E-state index in [-0.39, 0.29) is 11.5 Å². The minimum absolute atomic E-state index is 0.216. The maximum absolute atomic E-state index is 14.6. The van der Waals surface area contributed by atoms with Crippen molar-refractivity contribution in [1.29, 1.82) is 0 Å². The molecule has 1 amide bonds. The van der Waals surface area contributed by atoms with Gasteiger partial charge in [-0.25, -0.2) is 13.8 Å². The van der Waals surface area contributed by atoms with Gasteiger partial charge in [0.15, 0.2) is 0 Å². The number of carbonyl (C=O) groups excluding carboxylic acids is 1. The topological polar surface area (TPSA) is 85.0 Å². The highest BCUT2D eigenvalue weighted by Gasteiger charge is 2.15. The maximum atomic E-state index is 14.6. The molecule has 2 heterocycles. The first-order chi connectivity index (χ1) is 18.1. The number of hydrogen-bond donors (Lipinski definition) is 2. The number of amides is 1. The fourth-order valence-corrected chi connectivity index (χ4v) is 4.33. The molecule has 0 aliphatic rings. The van der Waals surface area contributed by atoms with Gasteiger partial charge in [0, 0.05) is 48.2 Å². The molecular weight excluding hydrogens is 488 g/mol. The number of carbonyl (C=O) groups is 1. The van der Waals surface area contributed by atoms with Gasteiger partial charge in [-0.15, -0.1) is 0 Å². The summed E-state index contributed by atoms with van der Waals surface area (Å²) in [6.45, 7) is 5.53. The molecule has 38 heavy (non-hydrogen) atoms. The van der Waals surface area contributed by atoms with Crippen molar-refractivity contribution in [2.45, 2.75) is 39.3 Å². The number of fused-ring (bicyclic) bond motifs is 1. The Morgan fingerprint density at radius 1 is 1.03 bits per heavy atom. The Kier molecular flexibility index (Phi) is 6.54. The molecule has 5 rings (SSSR count). The molecule has 0 saturated carbocycles. The van der Waals surface area contributed by atoms with E-state index in [9.17, 15) is 18.7 Å². The minimum Gasteiger partial charge on any atom is -0.390 e. The monoisotopic (exact) mass is 515 g/mol. The third kappa shape index (κ3) is 5.47. The van der Waals surface area contributed by atoms with Crippen LogP contribution in [-0.4, -0.2) is 35.9 Å². The van der Waals surface area contributed by atoms with E-state index in [0.717, 1.165) is 28.2 Å². The van der Waals surface area contributed by atoms with Gasteiger partial charge >= 0.3 is 0 Å². The predicted molar refractivity (Wildman–Crippen MR) is 143 cm³/mol. The van der Waals surface area contributed by atoms with Gasteiger partial charge in [0.2, 0.25) is 5.91 Å². The summed E-state index contributed by atoms with van der Waals surface area (Å²) >= 11 is 0. The largest absolute Gasteiger partial charge is 0.390 e. The van der Waals surface area contributed by atoms with Crippen molar-refractivity contribution in [2.24, 2.45) is 0 Å². The van der Waals surface area contributed by atoms with Gasteiger partial charge in [-0.05, 0) is 73.9 Å². The third-order valence-electron chi connectivity index (χ3n) is 6.22. The Hall–Kier alpha value is -4.37. The second-order valence-electron chi connectivity index (χ2n) is 9.95. The Labute approximate surface area is 218 Å². The number of aryl methyl sites for hydroxylation is 1. The molecule has 3 aromatic carbocycles. The van der Waals surface area contributed by atoms with E-state index in [0.29, 0.717) is 29.9 Å². The molecule has 7 nitrogen and oxygen atoms in total. The van der Waals surface area contributed by atoms with E-state index in [2.05, 4.69) is 15.4 Å². The Morgan fingerprint density at radius 2 is 1.84 bits per heavy atom. The van der Waals surface area contributed by atoms with Crippen LogP contribution < -0.4 is 5.32 Å². The van der Waals surface area contributed by atoms with Crippen LogP contribution >= 0.6 is 0 Å². The Bertz CT molecular complexity index is 1650. The summed E-state index contributed by atoms with van der Waals surface area (Å²) in [4.78, 5) is 16.3. The molecule has 0 spiro atoms. The van der Waals surface area contributed by atoms with Crippen molar-refractivity contribution in [3.05, 3.63) is 85.0 Å². The summed E-state index contributed by atoms with van der Waals surface area (Å²) in [6.07, 6.45) is 5.96. The van der Waals surface area contributed by atoms with Gasteiger partial charge in [0.05, 0.1) is 22.8 Å². The Balaban J connectivity index is 1.51.